The Morgan fingerprint density at radius 2 is 2.06 bits per heavy atom. The van der Waals surface area contributed by atoms with Crippen molar-refractivity contribution >= 4 is 22.7 Å². The van der Waals surface area contributed by atoms with Crippen LogP contribution >= 0.6 is 0 Å². The number of ether oxygens (including phenoxy) is 1. The molecule has 36 heavy (non-hydrogen) atoms. The maximum absolute atomic E-state index is 14.1. The predicted molar refractivity (Wildman–Crippen MR) is 140 cm³/mol. The zero-order valence-corrected chi connectivity index (χ0v) is 20.2. The summed E-state index contributed by atoms with van der Waals surface area (Å²) in [6.45, 7) is 2.45. The first-order valence-electron chi connectivity index (χ1n) is 13.1. The van der Waals surface area contributed by atoms with Crippen LogP contribution in [-0.2, 0) is 0 Å². The third-order valence-corrected chi connectivity index (χ3v) is 8.28. The SMILES string of the molecule is O=c1[nH]c2cc(/C=C3\C4=C(COc5cc(F)ccc53)C3CC3C=CC4)ccc2n1C1CCCNCC1. The number of nitrogens with zero attached hydrogens (tertiary/aromatic N) is 1. The highest BCUT2D eigenvalue weighted by atomic mass is 19.1. The number of H-pyrrole nitrogens is 1. The molecule has 184 valence electrons. The normalized spacial score (nSPS) is 26.5. The monoisotopic (exact) mass is 483 g/mol. The van der Waals surface area contributed by atoms with Gasteiger partial charge in [-0.3, -0.25) is 4.57 Å². The van der Waals surface area contributed by atoms with Gasteiger partial charge in [-0.1, -0.05) is 18.2 Å². The first-order chi connectivity index (χ1) is 17.7. The number of fused-ring (bicyclic) bond motifs is 4. The molecule has 3 unspecified atom stereocenters. The lowest BCUT2D eigenvalue weighted by atomic mass is 9.89. The smallest absolute Gasteiger partial charge is 0.326 e. The average Bonchev–Trinajstić information content (AvgIpc) is 3.64. The van der Waals surface area contributed by atoms with Crippen LogP contribution in [0.25, 0.3) is 22.7 Å². The van der Waals surface area contributed by atoms with Gasteiger partial charge < -0.3 is 15.0 Å². The Labute approximate surface area is 209 Å². The summed E-state index contributed by atoms with van der Waals surface area (Å²) in [4.78, 5) is 16.1. The van der Waals surface area contributed by atoms with Crippen molar-refractivity contribution < 1.29 is 9.13 Å². The van der Waals surface area contributed by atoms with Crippen molar-refractivity contribution in [1.82, 2.24) is 14.9 Å². The molecule has 6 heteroatoms. The Morgan fingerprint density at radius 1 is 1.11 bits per heavy atom. The third kappa shape index (κ3) is 3.75. The van der Waals surface area contributed by atoms with Crippen LogP contribution in [0.1, 0.15) is 49.3 Å². The number of hydrogen-bond donors (Lipinski definition) is 2. The minimum absolute atomic E-state index is 0.0379. The second kappa shape index (κ2) is 8.63. The van der Waals surface area contributed by atoms with E-state index in [4.69, 9.17) is 4.74 Å². The maximum atomic E-state index is 14.1. The van der Waals surface area contributed by atoms with Gasteiger partial charge in [0.05, 0.1) is 11.0 Å². The fraction of sp³-hybridized carbons (Fsp3) is 0.367. The van der Waals surface area contributed by atoms with Crippen LogP contribution in [0.15, 0.2) is 64.5 Å². The van der Waals surface area contributed by atoms with Crippen molar-refractivity contribution in [3.8, 4) is 5.75 Å². The van der Waals surface area contributed by atoms with Crippen molar-refractivity contribution in [3.05, 3.63) is 87.1 Å². The van der Waals surface area contributed by atoms with E-state index in [0.717, 1.165) is 72.9 Å². The van der Waals surface area contributed by atoms with Gasteiger partial charge in [-0.15, -0.1) is 0 Å². The van der Waals surface area contributed by atoms with Gasteiger partial charge in [-0.25, -0.2) is 9.18 Å². The van der Waals surface area contributed by atoms with Crippen molar-refractivity contribution in [1.29, 1.82) is 0 Å². The molecule has 3 aromatic rings. The van der Waals surface area contributed by atoms with Crippen LogP contribution in [0.4, 0.5) is 4.39 Å². The van der Waals surface area contributed by atoms with E-state index in [0.29, 0.717) is 24.2 Å². The Hall–Kier alpha value is -3.38. The summed E-state index contributed by atoms with van der Waals surface area (Å²) < 4.78 is 22.2. The maximum Gasteiger partial charge on any atom is 0.326 e. The van der Waals surface area contributed by atoms with Gasteiger partial charge in [-0.05, 0) is 110 Å². The van der Waals surface area contributed by atoms with Crippen LogP contribution in [0.3, 0.4) is 0 Å². The molecule has 2 N–H and O–H groups in total. The summed E-state index contributed by atoms with van der Waals surface area (Å²) in [5.74, 6) is 1.42. The average molecular weight is 484 g/mol. The van der Waals surface area contributed by atoms with E-state index >= 15 is 0 Å². The zero-order chi connectivity index (χ0) is 24.2. The van der Waals surface area contributed by atoms with Gasteiger partial charge in [0.1, 0.15) is 18.2 Å². The summed E-state index contributed by atoms with van der Waals surface area (Å²) in [5, 5.41) is 3.44. The van der Waals surface area contributed by atoms with Gasteiger partial charge >= 0.3 is 5.69 Å². The lowest BCUT2D eigenvalue weighted by Crippen LogP contribution is -2.23. The topological polar surface area (TPSA) is 59.1 Å². The number of rotatable bonds is 2. The van der Waals surface area contributed by atoms with E-state index in [1.807, 2.05) is 10.6 Å². The van der Waals surface area contributed by atoms with Crippen LogP contribution in [-0.4, -0.2) is 29.2 Å². The Balaban J connectivity index is 1.35. The van der Waals surface area contributed by atoms with Crippen LogP contribution in [0.2, 0.25) is 0 Å². The van der Waals surface area contributed by atoms with Crippen LogP contribution in [0, 0.1) is 17.7 Å². The zero-order valence-electron chi connectivity index (χ0n) is 20.2. The van der Waals surface area contributed by atoms with Gasteiger partial charge in [0, 0.05) is 17.7 Å². The molecule has 2 aromatic carbocycles. The highest BCUT2D eigenvalue weighted by Crippen LogP contribution is 2.52. The van der Waals surface area contributed by atoms with Gasteiger partial charge in [-0.2, -0.15) is 0 Å². The highest BCUT2D eigenvalue weighted by Gasteiger charge is 2.41. The molecule has 5 nitrogen and oxygen atoms in total. The number of hydrogen-bond acceptors (Lipinski definition) is 3. The molecule has 1 saturated carbocycles. The number of aromatic nitrogens is 2. The standard InChI is InChI=1S/C30H30FN3O2/c31-20-7-8-23-25(22-5-1-3-19-15-24(19)26(22)17-36-29(23)16-20)13-18-6-9-28-27(14-18)33-30(35)34(28)21-4-2-11-32-12-10-21/h1,3,6-9,13-14,16,19,21,24,32H,2,4-5,10-12,15,17H2,(H,33,35)/b25-13+. The van der Waals surface area contributed by atoms with E-state index in [9.17, 15) is 9.18 Å². The van der Waals surface area contributed by atoms with Crippen LogP contribution < -0.4 is 15.7 Å². The summed E-state index contributed by atoms with van der Waals surface area (Å²) in [6, 6.07) is 11.3. The molecular weight excluding hydrogens is 453 g/mol. The van der Waals surface area contributed by atoms with E-state index in [-0.39, 0.29) is 17.5 Å². The molecule has 2 aliphatic heterocycles. The first kappa shape index (κ1) is 21.9. The summed E-state index contributed by atoms with van der Waals surface area (Å²) >= 11 is 0. The number of halogens is 1. The van der Waals surface area contributed by atoms with Gasteiger partial charge in [0.15, 0.2) is 0 Å². The fourth-order valence-corrected chi connectivity index (χ4v) is 6.37. The van der Waals surface area contributed by atoms with Crippen molar-refractivity contribution in [2.45, 2.75) is 38.1 Å². The van der Waals surface area contributed by atoms with Crippen molar-refractivity contribution in [2.75, 3.05) is 19.7 Å². The summed E-state index contributed by atoms with van der Waals surface area (Å²) in [7, 11) is 0. The van der Waals surface area contributed by atoms with E-state index in [1.54, 1.807) is 0 Å². The lowest BCUT2D eigenvalue weighted by molar-refractivity contribution is 0.343. The second-order valence-electron chi connectivity index (χ2n) is 10.5. The third-order valence-electron chi connectivity index (χ3n) is 8.28. The molecule has 0 bridgehead atoms. The fourth-order valence-electron chi connectivity index (χ4n) is 6.37. The van der Waals surface area contributed by atoms with Crippen LogP contribution in [0.5, 0.6) is 5.75 Å². The Morgan fingerprint density at radius 3 is 3.00 bits per heavy atom. The Kier molecular flexibility index (Phi) is 5.24. The molecule has 0 amide bonds. The van der Waals surface area contributed by atoms with E-state index in [1.165, 1.54) is 23.3 Å². The first-order valence-corrected chi connectivity index (χ1v) is 13.1. The minimum atomic E-state index is -0.288. The quantitative estimate of drug-likeness (QED) is 0.466. The largest absolute Gasteiger partial charge is 0.488 e. The Bertz CT molecular complexity index is 1500. The molecule has 3 atom stereocenters. The minimum Gasteiger partial charge on any atom is -0.488 e. The van der Waals surface area contributed by atoms with Gasteiger partial charge in [0.25, 0.3) is 0 Å². The molecule has 4 aliphatic rings. The predicted octanol–water partition coefficient (Wildman–Crippen LogP) is 5.61. The molecule has 2 fully saturated rings. The van der Waals surface area contributed by atoms with Crippen molar-refractivity contribution in [3.63, 3.8) is 0 Å². The van der Waals surface area contributed by atoms with E-state index < -0.39 is 0 Å². The number of aromatic amines is 1. The molecule has 3 heterocycles. The van der Waals surface area contributed by atoms with Gasteiger partial charge in [0.2, 0.25) is 0 Å². The lowest BCUT2D eigenvalue weighted by Gasteiger charge is -2.16. The molecule has 7 rings (SSSR count). The summed E-state index contributed by atoms with van der Waals surface area (Å²) in [5.41, 5.74) is 7.43. The molecule has 1 saturated heterocycles. The van der Waals surface area contributed by atoms with E-state index in [2.05, 4.69) is 46.7 Å². The number of allylic oxidation sites excluding steroid dienone is 4. The molecule has 1 aromatic heterocycles. The second-order valence-corrected chi connectivity index (χ2v) is 10.5. The highest BCUT2D eigenvalue weighted by molar-refractivity contribution is 5.95. The number of benzene rings is 2. The molecule has 2 aliphatic carbocycles. The summed E-state index contributed by atoms with van der Waals surface area (Å²) in [6.07, 6.45) is 11.8. The molecule has 0 spiro atoms. The number of imidazole rings is 1. The molecule has 0 radical (unpaired) electrons. The number of nitrogens with one attached hydrogen (secondary N) is 2. The molecular formula is C30H30FN3O2. The van der Waals surface area contributed by atoms with Crippen molar-refractivity contribution in [2.24, 2.45) is 11.8 Å².